The predicted molar refractivity (Wildman–Crippen MR) is 93.3 cm³/mol. The molecule has 1 aromatic heterocycles. The highest BCUT2D eigenvalue weighted by Crippen LogP contribution is 2.34. The maximum atomic E-state index is 13.5. The van der Waals surface area contributed by atoms with Gasteiger partial charge >= 0.3 is 0 Å². The molecule has 124 valence electrons. The number of hydrogen-bond donors (Lipinski definition) is 1. The monoisotopic (exact) mass is 333 g/mol. The first kappa shape index (κ1) is 15.3. The van der Waals surface area contributed by atoms with Crippen LogP contribution in [0.3, 0.4) is 0 Å². The predicted octanol–water partition coefficient (Wildman–Crippen LogP) is 3.99. The summed E-state index contributed by atoms with van der Waals surface area (Å²) in [5.74, 6) is -0.411. The number of benzene rings is 2. The molecule has 1 aliphatic rings. The van der Waals surface area contributed by atoms with Gasteiger partial charge in [-0.05, 0) is 35.9 Å². The zero-order valence-corrected chi connectivity index (χ0v) is 13.4. The van der Waals surface area contributed by atoms with Crippen LogP contribution in [0, 0.1) is 5.82 Å². The quantitative estimate of drug-likeness (QED) is 0.785. The molecule has 0 bridgehead atoms. The van der Waals surface area contributed by atoms with Crippen molar-refractivity contribution < 1.29 is 9.18 Å². The largest absolute Gasteiger partial charge is 0.360 e. The number of pyridine rings is 1. The molecule has 3 aromatic rings. The van der Waals surface area contributed by atoms with Crippen LogP contribution in [0.2, 0.25) is 0 Å². The Kier molecular flexibility index (Phi) is 3.90. The molecule has 1 atom stereocenters. The number of aromatic nitrogens is 1. The van der Waals surface area contributed by atoms with Crippen LogP contribution in [0.25, 0.3) is 0 Å². The van der Waals surface area contributed by atoms with E-state index in [4.69, 9.17) is 0 Å². The van der Waals surface area contributed by atoms with Gasteiger partial charge in [-0.15, -0.1) is 0 Å². The number of hydrogen-bond acceptors (Lipinski definition) is 3. The molecule has 0 saturated heterocycles. The van der Waals surface area contributed by atoms with Gasteiger partial charge < -0.3 is 10.2 Å². The second-order valence-corrected chi connectivity index (χ2v) is 5.91. The minimum Gasteiger partial charge on any atom is -0.360 e. The third kappa shape index (κ3) is 2.96. The highest BCUT2D eigenvalue weighted by Gasteiger charge is 2.37. The van der Waals surface area contributed by atoms with Gasteiger partial charge in [0.2, 0.25) is 0 Å². The zero-order chi connectivity index (χ0) is 17.2. The lowest BCUT2D eigenvalue weighted by molar-refractivity contribution is 0.0728. The number of nitrogens with zero attached hydrogens (tertiary/aromatic N) is 2. The first-order valence-electron chi connectivity index (χ1n) is 8.04. The van der Waals surface area contributed by atoms with Gasteiger partial charge in [-0.1, -0.05) is 36.4 Å². The molecule has 2 aromatic carbocycles. The van der Waals surface area contributed by atoms with Gasteiger partial charge in [-0.2, -0.15) is 0 Å². The molecule has 0 saturated carbocycles. The fourth-order valence-electron chi connectivity index (χ4n) is 3.06. The van der Waals surface area contributed by atoms with Crippen molar-refractivity contribution in [1.29, 1.82) is 0 Å². The van der Waals surface area contributed by atoms with E-state index >= 15 is 0 Å². The molecule has 4 rings (SSSR count). The average molecular weight is 333 g/mol. The van der Waals surface area contributed by atoms with E-state index in [-0.39, 0.29) is 11.7 Å². The number of carbonyl (C=O) groups excluding carboxylic acids is 1. The van der Waals surface area contributed by atoms with E-state index < -0.39 is 6.17 Å². The molecule has 0 spiro atoms. The van der Waals surface area contributed by atoms with Crippen molar-refractivity contribution in [3.63, 3.8) is 0 Å². The summed E-state index contributed by atoms with van der Waals surface area (Å²) in [7, 11) is 0. The second kappa shape index (κ2) is 6.36. The lowest BCUT2D eigenvalue weighted by Crippen LogP contribution is -2.32. The number of anilines is 1. The highest BCUT2D eigenvalue weighted by molar-refractivity contribution is 5.98. The molecule has 0 radical (unpaired) electrons. The van der Waals surface area contributed by atoms with Crippen LogP contribution in [0.15, 0.2) is 72.9 Å². The van der Waals surface area contributed by atoms with Gasteiger partial charge in [-0.25, -0.2) is 4.39 Å². The van der Waals surface area contributed by atoms with Gasteiger partial charge in [0.25, 0.3) is 5.91 Å². The van der Waals surface area contributed by atoms with Crippen molar-refractivity contribution in [1.82, 2.24) is 9.88 Å². The second-order valence-electron chi connectivity index (χ2n) is 5.91. The third-order valence-electron chi connectivity index (χ3n) is 4.22. The van der Waals surface area contributed by atoms with Gasteiger partial charge in [-0.3, -0.25) is 9.78 Å². The van der Waals surface area contributed by atoms with Crippen molar-refractivity contribution in [3.05, 3.63) is 95.6 Å². The smallest absolute Gasteiger partial charge is 0.258 e. The fraction of sp³-hybridized carbons (Fsp3) is 0.100. The summed E-state index contributed by atoms with van der Waals surface area (Å²) in [6.45, 7) is 0.447. The molecule has 0 fully saturated rings. The molecule has 2 heterocycles. The van der Waals surface area contributed by atoms with Gasteiger partial charge in [0.1, 0.15) is 12.0 Å². The number of nitrogens with one attached hydrogen (secondary N) is 1. The Labute approximate surface area is 144 Å². The standard InChI is InChI=1S/C20H16FN3O/c21-15-8-4-9-16(12-15)23-19-18-17(10-5-11-22-18)20(25)24(19)13-14-6-2-1-3-7-14/h1-12,19,23H,13H2. The number of halogens is 1. The lowest BCUT2D eigenvalue weighted by atomic mass is 10.2. The topological polar surface area (TPSA) is 45.2 Å². The Balaban J connectivity index is 1.70. The molecular weight excluding hydrogens is 317 g/mol. The van der Waals surface area contributed by atoms with Crippen LogP contribution in [0.1, 0.15) is 27.8 Å². The molecule has 1 amide bonds. The Bertz CT molecular complexity index is 914. The van der Waals surface area contributed by atoms with Crippen LogP contribution >= 0.6 is 0 Å². The molecule has 5 heteroatoms. The molecule has 1 aliphatic heterocycles. The first-order chi connectivity index (χ1) is 12.2. The number of carbonyl (C=O) groups is 1. The summed E-state index contributed by atoms with van der Waals surface area (Å²) in [6.07, 6.45) is 1.23. The van der Waals surface area contributed by atoms with Crippen LogP contribution < -0.4 is 5.32 Å². The minimum absolute atomic E-state index is 0.0825. The van der Waals surface area contributed by atoms with E-state index in [1.165, 1.54) is 12.1 Å². The van der Waals surface area contributed by atoms with E-state index in [1.54, 1.807) is 35.4 Å². The van der Waals surface area contributed by atoms with Gasteiger partial charge in [0.15, 0.2) is 0 Å². The summed E-state index contributed by atoms with van der Waals surface area (Å²) in [5.41, 5.74) is 2.86. The SMILES string of the molecule is O=C1c2cccnc2C(Nc2cccc(F)c2)N1Cc1ccccc1. The normalized spacial score (nSPS) is 16.0. The maximum Gasteiger partial charge on any atom is 0.258 e. The Hall–Kier alpha value is -3.21. The van der Waals surface area contributed by atoms with Crippen molar-refractivity contribution >= 4 is 11.6 Å². The first-order valence-corrected chi connectivity index (χ1v) is 8.04. The molecule has 25 heavy (non-hydrogen) atoms. The van der Waals surface area contributed by atoms with Crippen LogP contribution in [0.4, 0.5) is 10.1 Å². The Morgan fingerprint density at radius 2 is 1.88 bits per heavy atom. The molecular formula is C20H16FN3O. The number of amides is 1. The maximum absolute atomic E-state index is 13.5. The lowest BCUT2D eigenvalue weighted by Gasteiger charge is -2.26. The van der Waals surface area contributed by atoms with Crippen molar-refractivity contribution in [2.24, 2.45) is 0 Å². The van der Waals surface area contributed by atoms with Crippen LogP contribution in [-0.2, 0) is 6.54 Å². The van der Waals surface area contributed by atoms with E-state index in [0.717, 1.165) is 5.56 Å². The third-order valence-corrected chi connectivity index (χ3v) is 4.22. The number of rotatable bonds is 4. The fourth-order valence-corrected chi connectivity index (χ4v) is 3.06. The Morgan fingerprint density at radius 1 is 1.04 bits per heavy atom. The number of fused-ring (bicyclic) bond motifs is 1. The van der Waals surface area contributed by atoms with Crippen molar-refractivity contribution in [2.75, 3.05) is 5.32 Å². The average Bonchev–Trinajstić information content (AvgIpc) is 2.89. The van der Waals surface area contributed by atoms with E-state index in [9.17, 15) is 9.18 Å². The van der Waals surface area contributed by atoms with Crippen molar-refractivity contribution in [2.45, 2.75) is 12.7 Å². The summed E-state index contributed by atoms with van der Waals surface area (Å²) in [5, 5.41) is 3.24. The summed E-state index contributed by atoms with van der Waals surface area (Å²) < 4.78 is 13.5. The molecule has 4 nitrogen and oxygen atoms in total. The molecule has 1 unspecified atom stereocenters. The summed E-state index contributed by atoms with van der Waals surface area (Å²) in [6, 6.07) is 19.5. The van der Waals surface area contributed by atoms with E-state index in [2.05, 4.69) is 10.3 Å². The van der Waals surface area contributed by atoms with E-state index in [0.29, 0.717) is 23.5 Å². The molecule has 0 aliphatic carbocycles. The summed E-state index contributed by atoms with van der Waals surface area (Å²) in [4.78, 5) is 18.9. The zero-order valence-electron chi connectivity index (χ0n) is 13.4. The van der Waals surface area contributed by atoms with Gasteiger partial charge in [0.05, 0.1) is 11.3 Å². The highest BCUT2D eigenvalue weighted by atomic mass is 19.1. The van der Waals surface area contributed by atoms with Crippen LogP contribution in [0.5, 0.6) is 0 Å². The minimum atomic E-state index is -0.439. The van der Waals surface area contributed by atoms with Crippen LogP contribution in [-0.4, -0.2) is 15.8 Å². The molecule has 1 N–H and O–H groups in total. The van der Waals surface area contributed by atoms with Gasteiger partial charge in [0, 0.05) is 18.4 Å². The van der Waals surface area contributed by atoms with E-state index in [1.807, 2.05) is 30.3 Å². The van der Waals surface area contributed by atoms with Crippen molar-refractivity contribution in [3.8, 4) is 0 Å². The Morgan fingerprint density at radius 3 is 2.68 bits per heavy atom. The summed E-state index contributed by atoms with van der Waals surface area (Å²) >= 11 is 0.